The van der Waals surface area contributed by atoms with E-state index in [1.54, 1.807) is 0 Å². The molecule has 0 atom stereocenters. The van der Waals surface area contributed by atoms with Crippen molar-refractivity contribution in [1.29, 1.82) is 0 Å². The van der Waals surface area contributed by atoms with E-state index in [4.69, 9.17) is 4.98 Å². The SMILES string of the molecule is CCC(C)(CC)C(=O)/C=C(\O)C(C)(CC)CC.Cc1c(CC(C)C)sc2c(-c3sc4ccnc(-c5[c-]c6ccccc6c(C(C)(C)C)c5)c4c3C)cccc12.[Ir]. The predicted octanol–water partition coefficient (Wildman–Crippen LogP) is 15.6. The third-order valence-corrected chi connectivity index (χ3v) is 14.8. The van der Waals surface area contributed by atoms with Crippen LogP contribution in [0.1, 0.15) is 123 Å². The van der Waals surface area contributed by atoms with E-state index in [1.807, 2.05) is 70.4 Å². The molecule has 301 valence electrons. The molecule has 6 rings (SSSR count). The monoisotopic (exact) mass is 965 g/mol. The third kappa shape index (κ3) is 9.10. The summed E-state index contributed by atoms with van der Waals surface area (Å²) >= 11 is 3.88. The van der Waals surface area contributed by atoms with Gasteiger partial charge in [-0.05, 0) is 85.3 Å². The summed E-state index contributed by atoms with van der Waals surface area (Å²) in [5.41, 5.74) is 6.99. The molecule has 0 spiro atoms. The molecule has 1 radical (unpaired) electrons. The topological polar surface area (TPSA) is 50.2 Å². The van der Waals surface area contributed by atoms with Crippen LogP contribution in [0.25, 0.3) is 52.6 Å². The van der Waals surface area contributed by atoms with Gasteiger partial charge in [0.2, 0.25) is 0 Å². The summed E-state index contributed by atoms with van der Waals surface area (Å²) in [4.78, 5) is 20.0. The van der Waals surface area contributed by atoms with E-state index in [0.29, 0.717) is 5.92 Å². The zero-order valence-corrected chi connectivity index (χ0v) is 39.9. The first-order valence-electron chi connectivity index (χ1n) is 20.2. The Labute approximate surface area is 358 Å². The smallest absolute Gasteiger partial charge is 0.164 e. The van der Waals surface area contributed by atoms with E-state index in [0.717, 1.165) is 48.7 Å². The molecule has 0 saturated heterocycles. The third-order valence-electron chi connectivity index (χ3n) is 12.2. The molecular weight excluding hydrogens is 903 g/mol. The maximum absolute atomic E-state index is 12.2. The summed E-state index contributed by atoms with van der Waals surface area (Å²) in [6.45, 7) is 28.1. The molecule has 3 aromatic heterocycles. The van der Waals surface area contributed by atoms with Gasteiger partial charge in [-0.3, -0.25) is 9.78 Å². The van der Waals surface area contributed by atoms with E-state index in [2.05, 4.69) is 109 Å². The molecule has 56 heavy (non-hydrogen) atoms. The number of carbonyl (C=O) groups is 1. The number of fused-ring (bicyclic) bond motifs is 3. The number of hydrogen-bond acceptors (Lipinski definition) is 5. The van der Waals surface area contributed by atoms with Crippen molar-refractivity contribution in [3.05, 3.63) is 100 Å². The number of benzene rings is 3. The fraction of sp³-hybridized carbons (Fsp3) is 0.440. The van der Waals surface area contributed by atoms with Gasteiger partial charge in [0, 0.05) is 73.6 Å². The summed E-state index contributed by atoms with van der Waals surface area (Å²) in [6.07, 6.45) is 7.86. The number of hydrogen-bond donors (Lipinski definition) is 1. The molecule has 0 saturated carbocycles. The Balaban J connectivity index is 0.000000330. The van der Waals surface area contributed by atoms with E-state index in [9.17, 15) is 9.90 Å². The van der Waals surface area contributed by atoms with Crippen LogP contribution in [0.4, 0.5) is 0 Å². The van der Waals surface area contributed by atoms with Crippen molar-refractivity contribution in [3.63, 3.8) is 0 Å². The summed E-state index contributed by atoms with van der Waals surface area (Å²) in [6, 6.07) is 23.7. The number of allylic oxidation sites excluding steroid dienone is 2. The molecule has 3 heterocycles. The molecule has 0 bridgehead atoms. The number of nitrogens with zero attached hydrogens (tertiary/aromatic N) is 1. The van der Waals surface area contributed by atoms with Crippen LogP contribution in [0.2, 0.25) is 0 Å². The average molecular weight is 965 g/mol. The number of carbonyl (C=O) groups excluding carboxylic acids is 1. The molecule has 0 amide bonds. The van der Waals surface area contributed by atoms with Gasteiger partial charge in [0.15, 0.2) is 5.78 Å². The Morgan fingerprint density at radius 3 is 2.07 bits per heavy atom. The summed E-state index contributed by atoms with van der Waals surface area (Å²) in [7, 11) is 0. The van der Waals surface area contributed by atoms with E-state index in [1.165, 1.54) is 63.6 Å². The van der Waals surface area contributed by atoms with Crippen molar-refractivity contribution in [2.24, 2.45) is 16.7 Å². The molecule has 0 unspecified atom stereocenters. The largest absolute Gasteiger partial charge is 0.512 e. The first-order chi connectivity index (χ1) is 25.9. The number of pyridine rings is 1. The van der Waals surface area contributed by atoms with E-state index >= 15 is 0 Å². The van der Waals surface area contributed by atoms with Crippen LogP contribution in [0, 0.1) is 36.7 Å². The minimum Gasteiger partial charge on any atom is -0.512 e. The number of aromatic nitrogens is 1. The van der Waals surface area contributed by atoms with Gasteiger partial charge in [0.25, 0.3) is 0 Å². The molecule has 3 nitrogen and oxygen atoms in total. The van der Waals surface area contributed by atoms with Crippen molar-refractivity contribution in [3.8, 4) is 21.7 Å². The van der Waals surface area contributed by atoms with Gasteiger partial charge < -0.3 is 5.11 Å². The number of ketones is 1. The Morgan fingerprint density at radius 2 is 1.46 bits per heavy atom. The second-order valence-corrected chi connectivity index (χ2v) is 19.5. The van der Waals surface area contributed by atoms with Gasteiger partial charge in [-0.1, -0.05) is 124 Å². The first-order valence-corrected chi connectivity index (χ1v) is 21.9. The average Bonchev–Trinajstić information content (AvgIpc) is 3.68. The molecule has 1 N–H and O–H groups in total. The van der Waals surface area contributed by atoms with Crippen molar-refractivity contribution >= 4 is 59.4 Å². The van der Waals surface area contributed by atoms with Crippen LogP contribution >= 0.6 is 22.7 Å². The first kappa shape index (κ1) is 45.6. The molecule has 0 aliphatic heterocycles. The Kier molecular flexibility index (Phi) is 14.8. The molecule has 6 heteroatoms. The van der Waals surface area contributed by atoms with Crippen molar-refractivity contribution in [1.82, 2.24) is 4.98 Å². The van der Waals surface area contributed by atoms with Crippen LogP contribution in [0.15, 0.2) is 72.6 Å². The van der Waals surface area contributed by atoms with Crippen LogP contribution < -0.4 is 0 Å². The fourth-order valence-electron chi connectivity index (χ4n) is 7.35. The van der Waals surface area contributed by atoms with Crippen LogP contribution in [0.3, 0.4) is 0 Å². The molecule has 0 aliphatic carbocycles. The van der Waals surface area contributed by atoms with E-state index in [-0.39, 0.29) is 47.9 Å². The fourth-order valence-corrected chi connectivity index (χ4v) is 10.2. The van der Waals surface area contributed by atoms with Crippen LogP contribution in [0.5, 0.6) is 0 Å². The Morgan fingerprint density at radius 1 is 0.839 bits per heavy atom. The number of rotatable bonds is 11. The van der Waals surface area contributed by atoms with Crippen LogP contribution in [-0.4, -0.2) is 15.9 Å². The number of thiophene rings is 2. The molecular formula is C50H62IrNO2S2-. The predicted molar refractivity (Wildman–Crippen MR) is 242 cm³/mol. The summed E-state index contributed by atoms with van der Waals surface area (Å²) in [5.74, 6) is 0.940. The summed E-state index contributed by atoms with van der Waals surface area (Å²) in [5, 5.41) is 15.2. The second-order valence-electron chi connectivity index (χ2n) is 17.3. The minimum atomic E-state index is -0.337. The number of aliphatic hydroxyl groups is 1. The molecule has 0 fully saturated rings. The van der Waals surface area contributed by atoms with Gasteiger partial charge >= 0.3 is 0 Å². The number of aryl methyl sites for hydroxylation is 2. The van der Waals surface area contributed by atoms with Gasteiger partial charge in [-0.2, -0.15) is 0 Å². The van der Waals surface area contributed by atoms with Gasteiger partial charge in [-0.15, -0.1) is 51.8 Å². The van der Waals surface area contributed by atoms with E-state index < -0.39 is 0 Å². The second kappa shape index (κ2) is 18.2. The molecule has 3 aromatic carbocycles. The zero-order valence-electron chi connectivity index (χ0n) is 35.9. The Hall–Kier alpha value is -3.15. The molecule has 6 aromatic rings. The van der Waals surface area contributed by atoms with Gasteiger partial charge in [-0.25, -0.2) is 0 Å². The van der Waals surface area contributed by atoms with Crippen molar-refractivity contribution in [2.75, 3.05) is 0 Å². The quantitative estimate of drug-likeness (QED) is 0.0800. The molecule has 0 aliphatic rings. The standard InChI is InChI=1S/C35H34NS2.C15H28O2.Ir/c1-20(2)17-30-21(3)25-13-10-14-27(34(25)38-30)33-22(4)31-29(37-33)15-16-36-32(31)24-18-23-11-8-9-12-26(23)28(19-24)35(5,6)7;1-7-14(5,8-2)12(16)11-13(17)15(6,9-3)10-4;/h8-16,19-20H,17H2,1-7H3;11,16H,7-10H2,1-6H3;/q-1;;/b;12-11-;. The van der Waals surface area contributed by atoms with Gasteiger partial charge in [0.05, 0.1) is 0 Å². The zero-order chi connectivity index (χ0) is 40.5. The van der Waals surface area contributed by atoms with Crippen LogP contribution in [-0.2, 0) is 36.7 Å². The van der Waals surface area contributed by atoms with Crippen molar-refractivity contribution in [2.45, 2.75) is 128 Å². The maximum Gasteiger partial charge on any atom is 0.164 e. The van der Waals surface area contributed by atoms with Crippen molar-refractivity contribution < 1.29 is 30.0 Å². The maximum atomic E-state index is 12.2. The minimum absolute atomic E-state index is 0. The number of aliphatic hydroxyl groups excluding tert-OH is 1. The van der Waals surface area contributed by atoms with Gasteiger partial charge in [0.1, 0.15) is 5.76 Å². The normalized spacial score (nSPS) is 12.6. The summed E-state index contributed by atoms with van der Waals surface area (Å²) < 4.78 is 2.70. The Bertz CT molecular complexity index is 2340.